The van der Waals surface area contributed by atoms with Crippen molar-refractivity contribution in [2.45, 2.75) is 13.3 Å². The number of amides is 1. The lowest BCUT2D eigenvalue weighted by molar-refractivity contribution is -0.385. The van der Waals surface area contributed by atoms with Crippen molar-refractivity contribution in [1.29, 1.82) is 0 Å². The fourth-order valence-corrected chi connectivity index (χ4v) is 4.89. The van der Waals surface area contributed by atoms with Crippen LogP contribution in [0.5, 0.6) is 0 Å². The molecule has 5 rings (SSSR count). The molecule has 0 spiro atoms. The lowest BCUT2D eigenvalue weighted by atomic mass is 10.0. The Balaban J connectivity index is 1.47. The summed E-state index contributed by atoms with van der Waals surface area (Å²) in [5.74, 6) is 0.717. The van der Waals surface area contributed by atoms with E-state index in [1.165, 1.54) is 12.3 Å². The molecule has 8 heteroatoms. The van der Waals surface area contributed by atoms with Crippen molar-refractivity contribution in [3.8, 4) is 11.3 Å². The number of pyridine rings is 1. The summed E-state index contributed by atoms with van der Waals surface area (Å²) in [4.78, 5) is 32.8. The van der Waals surface area contributed by atoms with Crippen LogP contribution >= 0.6 is 0 Å². The topological polar surface area (TPSA) is 84.5 Å². The molecule has 0 unspecified atom stereocenters. The Morgan fingerprint density at radius 3 is 2.51 bits per heavy atom. The molecule has 1 aliphatic rings. The van der Waals surface area contributed by atoms with E-state index in [0.717, 1.165) is 46.3 Å². The van der Waals surface area contributed by atoms with Gasteiger partial charge in [-0.2, -0.15) is 0 Å². The van der Waals surface area contributed by atoms with E-state index < -0.39 is 4.92 Å². The van der Waals surface area contributed by atoms with Gasteiger partial charge in [0.05, 0.1) is 16.2 Å². The number of nitrogens with zero attached hydrogens (tertiary/aromatic N) is 5. The van der Waals surface area contributed by atoms with E-state index in [4.69, 9.17) is 0 Å². The van der Waals surface area contributed by atoms with Crippen molar-refractivity contribution < 1.29 is 9.72 Å². The highest BCUT2D eigenvalue weighted by Crippen LogP contribution is 2.35. The van der Waals surface area contributed by atoms with E-state index in [1.54, 1.807) is 6.07 Å². The fraction of sp³-hybridized carbons (Fsp3) is 0.259. The summed E-state index contributed by atoms with van der Waals surface area (Å²) in [6.45, 7) is 4.58. The molecule has 2 aromatic heterocycles. The molecule has 1 amide bonds. The summed E-state index contributed by atoms with van der Waals surface area (Å²) in [6.07, 6.45) is 2.07. The number of anilines is 1. The molecular formula is C27H27N5O3. The summed E-state index contributed by atoms with van der Waals surface area (Å²) in [5.41, 5.74) is 4.79. The normalized spacial score (nSPS) is 14.2. The third-order valence-electron chi connectivity index (χ3n) is 6.67. The molecule has 178 valence electrons. The van der Waals surface area contributed by atoms with Crippen molar-refractivity contribution in [2.24, 2.45) is 7.05 Å². The molecule has 3 heterocycles. The molecule has 4 aromatic rings. The first-order valence-electron chi connectivity index (χ1n) is 11.7. The number of aryl methyl sites for hydroxylation is 2. The lowest BCUT2D eigenvalue weighted by Crippen LogP contribution is -2.35. The van der Waals surface area contributed by atoms with Gasteiger partial charge in [-0.3, -0.25) is 14.9 Å². The zero-order valence-corrected chi connectivity index (χ0v) is 19.8. The average molecular weight is 470 g/mol. The third kappa shape index (κ3) is 4.23. The SMILES string of the molecule is Cc1ccc2c(c1)c(C(=O)N1CCCN(c3ccc([N+](=O)[O-])cn3)CC1)c(-c1ccccc1)n2C. The molecule has 1 fully saturated rings. The standard InChI is InChI=1S/C27H27N5O3/c1-19-9-11-23-22(17-19)25(26(29(23)2)20-7-4-3-5-8-20)27(33)31-14-6-13-30(15-16-31)24-12-10-21(18-28-24)32(34)35/h3-5,7-12,17-18H,6,13-16H2,1-2H3. The number of rotatable bonds is 4. The first-order valence-corrected chi connectivity index (χ1v) is 11.7. The van der Waals surface area contributed by atoms with Gasteiger partial charge < -0.3 is 14.4 Å². The van der Waals surface area contributed by atoms with Gasteiger partial charge >= 0.3 is 0 Å². The molecule has 0 bridgehead atoms. The van der Waals surface area contributed by atoms with Crippen molar-refractivity contribution in [3.63, 3.8) is 0 Å². The quantitative estimate of drug-likeness (QED) is 0.316. The second-order valence-corrected chi connectivity index (χ2v) is 8.93. The molecule has 1 aliphatic heterocycles. The zero-order chi connectivity index (χ0) is 24.5. The number of carbonyl (C=O) groups excluding carboxylic acids is 1. The number of hydrogen-bond acceptors (Lipinski definition) is 5. The van der Waals surface area contributed by atoms with Crippen LogP contribution in [0.2, 0.25) is 0 Å². The molecule has 0 atom stereocenters. The van der Waals surface area contributed by atoms with Gasteiger partial charge in [-0.1, -0.05) is 42.0 Å². The van der Waals surface area contributed by atoms with Gasteiger partial charge in [0.25, 0.3) is 11.6 Å². The molecule has 0 radical (unpaired) electrons. The van der Waals surface area contributed by atoms with Gasteiger partial charge in [0, 0.05) is 50.2 Å². The van der Waals surface area contributed by atoms with Crippen LogP contribution in [0.4, 0.5) is 11.5 Å². The highest BCUT2D eigenvalue weighted by molar-refractivity contribution is 6.13. The Labute approximate surface area is 203 Å². The van der Waals surface area contributed by atoms with Crippen molar-refractivity contribution in [3.05, 3.63) is 88.1 Å². The summed E-state index contributed by atoms with van der Waals surface area (Å²) in [6, 6.07) is 19.5. The Morgan fingerprint density at radius 1 is 1.00 bits per heavy atom. The van der Waals surface area contributed by atoms with Gasteiger partial charge in [-0.25, -0.2) is 4.98 Å². The Kier molecular flexibility index (Phi) is 5.94. The maximum absolute atomic E-state index is 14.1. The molecular weight excluding hydrogens is 442 g/mol. The van der Waals surface area contributed by atoms with Crippen molar-refractivity contribution >= 4 is 28.3 Å². The van der Waals surface area contributed by atoms with E-state index >= 15 is 0 Å². The Hall–Kier alpha value is -4.20. The predicted molar refractivity (Wildman–Crippen MR) is 137 cm³/mol. The lowest BCUT2D eigenvalue weighted by Gasteiger charge is -2.23. The number of benzene rings is 2. The average Bonchev–Trinajstić information content (AvgIpc) is 3.01. The second kappa shape index (κ2) is 9.21. The third-order valence-corrected chi connectivity index (χ3v) is 6.67. The highest BCUT2D eigenvalue weighted by Gasteiger charge is 2.28. The van der Waals surface area contributed by atoms with Crippen LogP contribution in [0.1, 0.15) is 22.3 Å². The summed E-state index contributed by atoms with van der Waals surface area (Å²) >= 11 is 0. The highest BCUT2D eigenvalue weighted by atomic mass is 16.6. The van der Waals surface area contributed by atoms with Crippen LogP contribution in [-0.2, 0) is 7.05 Å². The Bertz CT molecular complexity index is 1400. The fourth-order valence-electron chi connectivity index (χ4n) is 4.89. The van der Waals surface area contributed by atoms with Crippen LogP contribution in [0.15, 0.2) is 66.9 Å². The van der Waals surface area contributed by atoms with Gasteiger partial charge in [-0.15, -0.1) is 0 Å². The van der Waals surface area contributed by atoms with Crippen LogP contribution in [0, 0.1) is 17.0 Å². The number of nitro groups is 1. The van der Waals surface area contributed by atoms with Crippen molar-refractivity contribution in [2.75, 3.05) is 31.1 Å². The molecule has 1 saturated heterocycles. The van der Waals surface area contributed by atoms with Crippen molar-refractivity contribution in [1.82, 2.24) is 14.5 Å². The second-order valence-electron chi connectivity index (χ2n) is 8.93. The van der Waals surface area contributed by atoms with E-state index in [-0.39, 0.29) is 11.6 Å². The van der Waals surface area contributed by atoms with Crippen LogP contribution in [-0.4, -0.2) is 51.5 Å². The molecule has 0 N–H and O–H groups in total. The van der Waals surface area contributed by atoms with Crippen LogP contribution in [0.25, 0.3) is 22.2 Å². The van der Waals surface area contributed by atoms with Crippen LogP contribution in [0.3, 0.4) is 0 Å². The number of aromatic nitrogens is 2. The molecule has 0 aliphatic carbocycles. The predicted octanol–water partition coefficient (Wildman–Crippen LogP) is 4.81. The smallest absolute Gasteiger partial charge is 0.287 e. The van der Waals surface area contributed by atoms with E-state index in [0.29, 0.717) is 25.5 Å². The first kappa shape index (κ1) is 22.6. The van der Waals surface area contributed by atoms with E-state index in [1.807, 2.05) is 49.2 Å². The van der Waals surface area contributed by atoms with E-state index in [2.05, 4.69) is 32.7 Å². The number of carbonyl (C=O) groups is 1. The van der Waals surface area contributed by atoms with Gasteiger partial charge in [-0.05, 0) is 37.1 Å². The maximum atomic E-state index is 14.1. The van der Waals surface area contributed by atoms with E-state index in [9.17, 15) is 14.9 Å². The van der Waals surface area contributed by atoms with Gasteiger partial charge in [0.15, 0.2) is 0 Å². The molecule has 2 aromatic carbocycles. The van der Waals surface area contributed by atoms with Crippen LogP contribution < -0.4 is 4.90 Å². The largest absolute Gasteiger partial charge is 0.355 e. The Morgan fingerprint density at radius 2 is 1.80 bits per heavy atom. The summed E-state index contributed by atoms with van der Waals surface area (Å²) < 4.78 is 2.11. The number of hydrogen-bond donors (Lipinski definition) is 0. The minimum Gasteiger partial charge on any atom is -0.355 e. The monoisotopic (exact) mass is 469 g/mol. The van der Waals surface area contributed by atoms with Gasteiger partial charge in [0.1, 0.15) is 12.0 Å². The number of fused-ring (bicyclic) bond motifs is 1. The first-order chi connectivity index (χ1) is 16.9. The minimum absolute atomic E-state index is 0.0264. The summed E-state index contributed by atoms with van der Waals surface area (Å²) in [5, 5.41) is 11.9. The minimum atomic E-state index is -0.449. The summed E-state index contributed by atoms with van der Waals surface area (Å²) in [7, 11) is 2.02. The molecule has 0 saturated carbocycles. The molecule has 35 heavy (non-hydrogen) atoms. The van der Waals surface area contributed by atoms with Gasteiger partial charge in [0.2, 0.25) is 0 Å². The molecule has 8 nitrogen and oxygen atoms in total. The maximum Gasteiger partial charge on any atom is 0.287 e. The zero-order valence-electron chi connectivity index (χ0n) is 19.8.